The van der Waals surface area contributed by atoms with Gasteiger partial charge in [-0.05, 0) is 60.9 Å². The Hall–Kier alpha value is -1.65. The molecular weight excluding hydrogens is 296 g/mol. The monoisotopic (exact) mass is 313 g/mol. The molecule has 21 heavy (non-hydrogen) atoms. The van der Waals surface area contributed by atoms with Gasteiger partial charge in [0.05, 0.1) is 0 Å². The van der Waals surface area contributed by atoms with Crippen LogP contribution in [0.1, 0.15) is 18.9 Å². The summed E-state index contributed by atoms with van der Waals surface area (Å²) in [5, 5.41) is 0. The van der Waals surface area contributed by atoms with E-state index in [9.17, 15) is 8.78 Å². The molecule has 0 aliphatic rings. The molecule has 2 aromatic carbocycles. The third-order valence-electron chi connectivity index (χ3n) is 3.07. The predicted octanol–water partition coefficient (Wildman–Crippen LogP) is 4.46. The number of hydrogen-bond donors (Lipinski definition) is 1. The summed E-state index contributed by atoms with van der Waals surface area (Å²) in [6, 6.07) is 9.97. The van der Waals surface area contributed by atoms with Crippen LogP contribution >= 0.6 is 12.4 Å². The summed E-state index contributed by atoms with van der Waals surface area (Å²) in [5.74, 6) is 0.394. The molecule has 2 aromatic rings. The van der Waals surface area contributed by atoms with Gasteiger partial charge in [0.25, 0.3) is 0 Å². The van der Waals surface area contributed by atoms with Crippen molar-refractivity contribution in [1.82, 2.24) is 0 Å². The Balaban J connectivity index is 0.00000220. The first-order chi connectivity index (χ1) is 9.58. The zero-order valence-corrected chi connectivity index (χ0v) is 12.5. The molecule has 2 nitrogen and oxygen atoms in total. The largest absolute Gasteiger partial charge is 0.457 e. The van der Waals surface area contributed by atoms with E-state index in [4.69, 9.17) is 10.5 Å². The van der Waals surface area contributed by atoms with Crippen LogP contribution in [0.5, 0.6) is 11.5 Å². The number of hydrogen-bond acceptors (Lipinski definition) is 2. The number of halogens is 3. The molecule has 2 N–H and O–H groups in total. The van der Waals surface area contributed by atoms with E-state index in [2.05, 4.69) is 0 Å². The normalized spacial score (nSPS) is 11.6. The second kappa shape index (κ2) is 7.96. The first-order valence-corrected chi connectivity index (χ1v) is 6.56. The minimum Gasteiger partial charge on any atom is -0.457 e. The molecule has 114 valence electrons. The predicted molar refractivity (Wildman–Crippen MR) is 82.1 cm³/mol. The van der Waals surface area contributed by atoms with E-state index >= 15 is 0 Å². The van der Waals surface area contributed by atoms with E-state index in [1.54, 1.807) is 6.07 Å². The van der Waals surface area contributed by atoms with Crippen molar-refractivity contribution in [2.24, 2.45) is 5.73 Å². The van der Waals surface area contributed by atoms with Gasteiger partial charge in [0, 0.05) is 6.04 Å². The fourth-order valence-corrected chi connectivity index (χ4v) is 1.86. The lowest BCUT2D eigenvalue weighted by molar-refractivity contribution is 0.467. The van der Waals surface area contributed by atoms with Crippen molar-refractivity contribution >= 4 is 12.4 Å². The molecule has 0 aliphatic heterocycles. The van der Waals surface area contributed by atoms with Crippen LogP contribution in [0.2, 0.25) is 0 Å². The summed E-state index contributed by atoms with van der Waals surface area (Å²) in [7, 11) is 0. The van der Waals surface area contributed by atoms with E-state index in [-0.39, 0.29) is 30.1 Å². The molecule has 5 heteroatoms. The first-order valence-electron chi connectivity index (χ1n) is 6.56. The van der Waals surface area contributed by atoms with Crippen molar-refractivity contribution in [2.45, 2.75) is 25.8 Å². The van der Waals surface area contributed by atoms with Crippen molar-refractivity contribution in [3.05, 3.63) is 59.7 Å². The van der Waals surface area contributed by atoms with E-state index < -0.39 is 0 Å². The van der Waals surface area contributed by atoms with Crippen molar-refractivity contribution in [3.63, 3.8) is 0 Å². The van der Waals surface area contributed by atoms with Crippen molar-refractivity contribution < 1.29 is 13.5 Å². The average Bonchev–Trinajstić information content (AvgIpc) is 2.44. The minimum absolute atomic E-state index is 0. The molecule has 0 fully saturated rings. The van der Waals surface area contributed by atoms with Crippen LogP contribution in [0.3, 0.4) is 0 Å². The highest BCUT2D eigenvalue weighted by molar-refractivity contribution is 5.85. The highest BCUT2D eigenvalue weighted by Crippen LogP contribution is 2.27. The number of nitrogens with two attached hydrogens (primary N) is 1. The zero-order chi connectivity index (χ0) is 14.5. The molecule has 0 radical (unpaired) electrons. The highest BCUT2D eigenvalue weighted by Gasteiger charge is 2.10. The fraction of sp³-hybridized carbons (Fsp3) is 0.250. The second-order valence-electron chi connectivity index (χ2n) is 4.68. The third-order valence-corrected chi connectivity index (χ3v) is 3.07. The molecule has 0 saturated carbocycles. The van der Waals surface area contributed by atoms with Gasteiger partial charge >= 0.3 is 0 Å². The molecule has 2 rings (SSSR count). The molecule has 0 heterocycles. The van der Waals surface area contributed by atoms with E-state index in [1.807, 2.05) is 6.92 Å². The second-order valence-corrected chi connectivity index (χ2v) is 4.68. The lowest BCUT2D eigenvalue weighted by atomic mass is 10.0. The summed E-state index contributed by atoms with van der Waals surface area (Å²) in [5.41, 5.74) is 6.62. The standard InChI is InChI=1S/C16H17F2NO.ClH/c1-2-14(19)10-11-9-13(18)5-8-16(11)20-15-6-3-12(17)4-7-15;/h3-9,14H,2,10,19H2,1H3;1H. The van der Waals surface area contributed by atoms with E-state index in [0.717, 1.165) is 6.42 Å². The Labute approximate surface area is 129 Å². The molecule has 0 aliphatic carbocycles. The van der Waals surface area contributed by atoms with Crippen molar-refractivity contribution in [3.8, 4) is 11.5 Å². The highest BCUT2D eigenvalue weighted by atomic mass is 35.5. The van der Waals surface area contributed by atoms with Crippen LogP contribution in [0.15, 0.2) is 42.5 Å². The summed E-state index contributed by atoms with van der Waals surface area (Å²) in [4.78, 5) is 0. The molecule has 0 amide bonds. The lowest BCUT2D eigenvalue weighted by Gasteiger charge is -2.14. The fourth-order valence-electron chi connectivity index (χ4n) is 1.86. The van der Waals surface area contributed by atoms with Crippen molar-refractivity contribution in [1.29, 1.82) is 0 Å². The molecule has 1 unspecified atom stereocenters. The summed E-state index contributed by atoms with van der Waals surface area (Å²) in [6.07, 6.45) is 1.33. The first kappa shape index (κ1) is 17.4. The summed E-state index contributed by atoms with van der Waals surface area (Å²) < 4.78 is 31.9. The molecule has 0 bridgehead atoms. The molecular formula is C16H18ClF2NO. The van der Waals surface area contributed by atoms with E-state index in [1.165, 1.54) is 36.4 Å². The average molecular weight is 314 g/mol. The summed E-state index contributed by atoms with van der Waals surface area (Å²) >= 11 is 0. The number of ether oxygens (including phenoxy) is 1. The smallest absolute Gasteiger partial charge is 0.130 e. The van der Waals surface area contributed by atoms with Crippen LogP contribution in [0.4, 0.5) is 8.78 Å². The minimum atomic E-state index is -0.329. The Morgan fingerprint density at radius 1 is 1.05 bits per heavy atom. The molecule has 1 atom stereocenters. The third kappa shape index (κ3) is 4.99. The Morgan fingerprint density at radius 2 is 1.67 bits per heavy atom. The maximum Gasteiger partial charge on any atom is 0.130 e. The van der Waals surface area contributed by atoms with Gasteiger partial charge in [-0.15, -0.1) is 12.4 Å². The topological polar surface area (TPSA) is 35.2 Å². The quantitative estimate of drug-likeness (QED) is 0.884. The van der Waals surface area contributed by atoms with E-state index in [0.29, 0.717) is 23.5 Å². The Bertz CT molecular complexity index is 575. The van der Waals surface area contributed by atoms with Gasteiger partial charge in [0.1, 0.15) is 23.1 Å². The van der Waals surface area contributed by atoms with Gasteiger partial charge in [-0.3, -0.25) is 0 Å². The molecule has 0 saturated heterocycles. The summed E-state index contributed by atoms with van der Waals surface area (Å²) in [6.45, 7) is 1.98. The molecule has 0 aromatic heterocycles. The number of rotatable bonds is 5. The Kier molecular flexibility index (Phi) is 6.59. The van der Waals surface area contributed by atoms with Gasteiger partial charge in [-0.1, -0.05) is 6.92 Å². The van der Waals surface area contributed by atoms with Crippen molar-refractivity contribution in [2.75, 3.05) is 0 Å². The van der Waals surface area contributed by atoms with Gasteiger partial charge in [0.2, 0.25) is 0 Å². The Morgan fingerprint density at radius 3 is 2.29 bits per heavy atom. The van der Waals surface area contributed by atoms with Crippen LogP contribution in [-0.2, 0) is 6.42 Å². The van der Waals surface area contributed by atoms with Gasteiger partial charge in [-0.2, -0.15) is 0 Å². The maximum absolute atomic E-state index is 13.3. The van der Waals surface area contributed by atoms with Gasteiger partial charge in [-0.25, -0.2) is 8.78 Å². The van der Waals surface area contributed by atoms with Gasteiger partial charge < -0.3 is 10.5 Å². The van der Waals surface area contributed by atoms with Crippen LogP contribution in [-0.4, -0.2) is 6.04 Å². The SMILES string of the molecule is CCC(N)Cc1cc(F)ccc1Oc1ccc(F)cc1.Cl. The number of benzene rings is 2. The maximum atomic E-state index is 13.3. The lowest BCUT2D eigenvalue weighted by Crippen LogP contribution is -2.21. The van der Waals surface area contributed by atoms with Crippen LogP contribution < -0.4 is 10.5 Å². The van der Waals surface area contributed by atoms with Crippen LogP contribution in [0, 0.1) is 11.6 Å². The molecule has 0 spiro atoms. The van der Waals surface area contributed by atoms with Crippen LogP contribution in [0.25, 0.3) is 0 Å². The zero-order valence-electron chi connectivity index (χ0n) is 11.7. The van der Waals surface area contributed by atoms with Gasteiger partial charge in [0.15, 0.2) is 0 Å².